The lowest BCUT2D eigenvalue weighted by molar-refractivity contribution is -0.267. The van der Waals surface area contributed by atoms with Gasteiger partial charge < -0.3 is 10.2 Å². The molecule has 138 valence electrons. The lowest BCUT2D eigenvalue weighted by Gasteiger charge is -2.18. The number of carboxylic acids is 1. The van der Waals surface area contributed by atoms with Crippen LogP contribution in [0.4, 0.5) is 0 Å². The Morgan fingerprint density at radius 3 is 2.71 bits per heavy atom. The Morgan fingerprint density at radius 2 is 2.08 bits per heavy atom. The van der Waals surface area contributed by atoms with Gasteiger partial charge in [0.2, 0.25) is 0 Å². The Bertz CT molecular complexity index is 420. The molecule has 4 atom stereocenters. The van der Waals surface area contributed by atoms with Crippen LogP contribution >= 0.6 is 0 Å². The molecule has 1 unspecified atom stereocenters. The van der Waals surface area contributed by atoms with Crippen LogP contribution in [-0.2, 0) is 14.5 Å². The predicted octanol–water partition coefficient (Wildman–Crippen LogP) is 3.19. The second-order valence-electron chi connectivity index (χ2n) is 6.59. The van der Waals surface area contributed by atoms with Crippen LogP contribution in [0.25, 0.3) is 0 Å². The number of aliphatic hydroxyl groups is 1. The van der Waals surface area contributed by atoms with Gasteiger partial charge in [0.15, 0.2) is 0 Å². The number of hydrogen-bond acceptors (Lipinski definition) is 5. The molecule has 1 aliphatic rings. The molecule has 0 aliphatic heterocycles. The minimum absolute atomic E-state index is 0.0277. The molecule has 1 saturated carbocycles. The molecule has 0 aromatic heterocycles. The second-order valence-corrected chi connectivity index (χ2v) is 6.59. The number of rotatable bonds is 12. The Hall–Kier alpha value is -1.24. The molecule has 6 heteroatoms. The van der Waals surface area contributed by atoms with E-state index in [1.165, 1.54) is 0 Å². The zero-order chi connectivity index (χ0) is 17.9. The fraction of sp³-hybridized carbons (Fsp3) is 0.778. The van der Waals surface area contributed by atoms with Crippen LogP contribution < -0.4 is 0 Å². The quantitative estimate of drug-likeness (QED) is 0.218. The van der Waals surface area contributed by atoms with Crippen LogP contribution in [0, 0.1) is 11.8 Å². The van der Waals surface area contributed by atoms with Crippen molar-refractivity contribution in [3.05, 3.63) is 12.2 Å². The first-order chi connectivity index (χ1) is 11.5. The van der Waals surface area contributed by atoms with Crippen LogP contribution in [0.1, 0.15) is 64.7 Å². The SMILES string of the molecule is CCCCCC(/C=C/[C@H]1[C@H](O)CC(=O)[C@@H]1CCCCC(=O)O)OO. The summed E-state index contributed by atoms with van der Waals surface area (Å²) in [7, 11) is 0. The molecule has 0 saturated heterocycles. The van der Waals surface area contributed by atoms with Crippen molar-refractivity contribution < 1.29 is 29.9 Å². The van der Waals surface area contributed by atoms with Gasteiger partial charge in [-0.05, 0) is 19.3 Å². The van der Waals surface area contributed by atoms with Crippen LogP contribution in [0.5, 0.6) is 0 Å². The van der Waals surface area contributed by atoms with Crippen LogP contribution in [0.2, 0.25) is 0 Å². The summed E-state index contributed by atoms with van der Waals surface area (Å²) in [4.78, 5) is 27.1. The van der Waals surface area contributed by atoms with E-state index in [0.717, 1.165) is 19.3 Å². The summed E-state index contributed by atoms with van der Waals surface area (Å²) in [5.74, 6) is -1.37. The van der Waals surface area contributed by atoms with E-state index in [9.17, 15) is 14.7 Å². The second kappa shape index (κ2) is 11.3. The van der Waals surface area contributed by atoms with E-state index in [1.807, 2.05) is 0 Å². The Morgan fingerprint density at radius 1 is 1.33 bits per heavy atom. The number of Topliss-reactive ketones (excluding diaryl/α,β-unsaturated/α-hetero) is 1. The van der Waals surface area contributed by atoms with E-state index in [-0.39, 0.29) is 30.5 Å². The molecule has 0 aromatic carbocycles. The van der Waals surface area contributed by atoms with Gasteiger partial charge >= 0.3 is 5.97 Å². The number of carboxylic acid groups (broad SMARTS) is 1. The first kappa shape index (κ1) is 20.8. The van der Waals surface area contributed by atoms with E-state index in [2.05, 4.69) is 11.8 Å². The number of aliphatic hydroxyl groups excluding tert-OH is 1. The minimum Gasteiger partial charge on any atom is -0.481 e. The van der Waals surface area contributed by atoms with Crippen molar-refractivity contribution in [1.82, 2.24) is 0 Å². The van der Waals surface area contributed by atoms with Crippen molar-refractivity contribution in [2.24, 2.45) is 11.8 Å². The highest BCUT2D eigenvalue weighted by Crippen LogP contribution is 2.34. The maximum atomic E-state index is 12.1. The van der Waals surface area contributed by atoms with E-state index < -0.39 is 18.2 Å². The normalized spacial score (nSPS) is 25.5. The average molecular weight is 342 g/mol. The first-order valence-corrected chi connectivity index (χ1v) is 8.90. The zero-order valence-corrected chi connectivity index (χ0v) is 14.4. The lowest BCUT2D eigenvalue weighted by Crippen LogP contribution is -2.19. The molecule has 24 heavy (non-hydrogen) atoms. The molecule has 6 nitrogen and oxygen atoms in total. The fourth-order valence-electron chi connectivity index (χ4n) is 3.26. The molecule has 1 aliphatic carbocycles. The summed E-state index contributed by atoms with van der Waals surface area (Å²) < 4.78 is 0. The van der Waals surface area contributed by atoms with Crippen molar-refractivity contribution in [3.8, 4) is 0 Å². The average Bonchev–Trinajstić information content (AvgIpc) is 2.80. The molecule has 0 spiro atoms. The van der Waals surface area contributed by atoms with Crippen LogP contribution in [-0.4, -0.2) is 39.4 Å². The smallest absolute Gasteiger partial charge is 0.303 e. The van der Waals surface area contributed by atoms with Gasteiger partial charge in [-0.1, -0.05) is 44.8 Å². The van der Waals surface area contributed by atoms with Gasteiger partial charge in [0.1, 0.15) is 11.9 Å². The minimum atomic E-state index is -0.834. The highest BCUT2D eigenvalue weighted by atomic mass is 17.1. The Kier molecular flexibility index (Phi) is 9.83. The van der Waals surface area contributed by atoms with Gasteiger partial charge in [0.25, 0.3) is 0 Å². The monoisotopic (exact) mass is 342 g/mol. The van der Waals surface area contributed by atoms with Crippen molar-refractivity contribution in [2.45, 2.75) is 76.9 Å². The number of carbonyl (C=O) groups excluding carboxylic acids is 1. The van der Waals surface area contributed by atoms with Crippen LogP contribution in [0.3, 0.4) is 0 Å². The summed E-state index contributed by atoms with van der Waals surface area (Å²) in [6.45, 7) is 2.10. The highest BCUT2D eigenvalue weighted by Gasteiger charge is 2.39. The third-order valence-corrected chi connectivity index (χ3v) is 4.66. The summed E-state index contributed by atoms with van der Waals surface area (Å²) in [5, 5.41) is 27.7. The number of carbonyl (C=O) groups is 2. The van der Waals surface area contributed by atoms with E-state index in [1.54, 1.807) is 12.2 Å². The number of aliphatic carboxylic acids is 1. The van der Waals surface area contributed by atoms with Gasteiger partial charge in [-0.15, -0.1) is 0 Å². The van der Waals surface area contributed by atoms with Gasteiger partial charge in [0.05, 0.1) is 6.10 Å². The largest absolute Gasteiger partial charge is 0.481 e. The molecule has 0 aromatic rings. The molecule has 0 amide bonds. The standard InChI is InChI=1S/C18H30O6/c1-2-3-4-7-13(24-23)10-11-15-14(16(19)12-17(15)20)8-5-6-9-18(21)22/h10-11,13-15,17,20,23H,2-9,12H2,1H3,(H,21,22)/b11-10+/t13?,14-,15-,17-/m1/s1. The zero-order valence-electron chi connectivity index (χ0n) is 14.4. The van der Waals surface area contributed by atoms with Crippen LogP contribution in [0.15, 0.2) is 12.2 Å². The third kappa shape index (κ3) is 7.11. The molecule has 1 fully saturated rings. The van der Waals surface area contributed by atoms with E-state index >= 15 is 0 Å². The topological polar surface area (TPSA) is 104 Å². The van der Waals surface area contributed by atoms with Crippen molar-refractivity contribution in [2.75, 3.05) is 0 Å². The van der Waals surface area contributed by atoms with Gasteiger partial charge in [-0.3, -0.25) is 14.8 Å². The summed E-state index contributed by atoms with van der Waals surface area (Å²) in [6.07, 6.45) is 8.15. The third-order valence-electron chi connectivity index (χ3n) is 4.66. The highest BCUT2D eigenvalue weighted by molar-refractivity contribution is 5.84. The molecule has 0 bridgehead atoms. The number of hydrogen-bond donors (Lipinski definition) is 3. The van der Waals surface area contributed by atoms with Crippen molar-refractivity contribution in [3.63, 3.8) is 0 Å². The van der Waals surface area contributed by atoms with E-state index in [4.69, 9.17) is 10.4 Å². The number of unbranched alkanes of at least 4 members (excludes halogenated alkanes) is 3. The number of ketones is 1. The molecule has 0 heterocycles. The molecular formula is C18H30O6. The van der Waals surface area contributed by atoms with Gasteiger partial charge in [-0.25, -0.2) is 4.89 Å². The molecule has 1 rings (SSSR count). The lowest BCUT2D eigenvalue weighted by atomic mass is 9.88. The predicted molar refractivity (Wildman–Crippen MR) is 89.5 cm³/mol. The van der Waals surface area contributed by atoms with Crippen molar-refractivity contribution in [1.29, 1.82) is 0 Å². The maximum absolute atomic E-state index is 12.1. The molecular weight excluding hydrogens is 312 g/mol. The van der Waals surface area contributed by atoms with Crippen molar-refractivity contribution >= 4 is 11.8 Å². The molecule has 3 N–H and O–H groups in total. The Balaban J connectivity index is 2.55. The fourth-order valence-corrected chi connectivity index (χ4v) is 3.26. The summed E-state index contributed by atoms with van der Waals surface area (Å²) in [6, 6.07) is 0. The maximum Gasteiger partial charge on any atom is 0.303 e. The van der Waals surface area contributed by atoms with Gasteiger partial charge in [-0.2, -0.15) is 0 Å². The Labute approximate surface area is 143 Å². The molecule has 0 radical (unpaired) electrons. The summed E-state index contributed by atoms with van der Waals surface area (Å²) in [5.41, 5.74) is 0. The van der Waals surface area contributed by atoms with Gasteiger partial charge in [0, 0.05) is 24.7 Å². The first-order valence-electron chi connectivity index (χ1n) is 8.90. The summed E-state index contributed by atoms with van der Waals surface area (Å²) >= 11 is 0. The van der Waals surface area contributed by atoms with E-state index in [0.29, 0.717) is 25.7 Å².